The maximum atomic E-state index is 12.8. The topological polar surface area (TPSA) is 76.1 Å². The number of thiocarbonyl (C=S) groups is 1. The molecule has 0 unspecified atom stereocenters. The Labute approximate surface area is 227 Å². The van der Waals surface area contributed by atoms with E-state index in [-0.39, 0.29) is 10.9 Å². The zero-order valence-corrected chi connectivity index (χ0v) is 21.8. The van der Waals surface area contributed by atoms with Crippen molar-refractivity contribution in [2.45, 2.75) is 13.2 Å². The maximum absolute atomic E-state index is 12.8. The van der Waals surface area contributed by atoms with Gasteiger partial charge in [-0.05, 0) is 59.7 Å². The summed E-state index contributed by atoms with van der Waals surface area (Å²) in [5.74, 6) is -0.557. The van der Waals surface area contributed by atoms with Crippen molar-refractivity contribution in [1.29, 1.82) is 0 Å². The predicted molar refractivity (Wildman–Crippen MR) is 146 cm³/mol. The summed E-state index contributed by atoms with van der Waals surface area (Å²) in [4.78, 5) is 25.3. The molecule has 10 heteroatoms. The molecule has 1 heterocycles. The molecule has 0 aliphatic carbocycles. The Hall–Kier alpha value is -3.04. The number of carbonyl (C=O) groups is 2. The number of benzene rings is 3. The normalized spacial score (nSPS) is 14.4. The van der Waals surface area contributed by atoms with Crippen LogP contribution in [0.4, 0.5) is 0 Å². The van der Waals surface area contributed by atoms with Gasteiger partial charge in [0.25, 0.3) is 5.91 Å². The minimum Gasteiger partial charge on any atom is -0.489 e. The molecule has 3 aromatic rings. The molecule has 1 aliphatic rings. The Morgan fingerprint density at radius 1 is 0.972 bits per heavy atom. The molecule has 184 valence electrons. The summed E-state index contributed by atoms with van der Waals surface area (Å²) in [5.41, 5.74) is 2.36. The Bertz CT molecular complexity index is 1360. The van der Waals surface area contributed by atoms with Crippen LogP contribution in [0.3, 0.4) is 0 Å². The lowest BCUT2D eigenvalue weighted by Gasteiger charge is -2.13. The highest BCUT2D eigenvalue weighted by Gasteiger charge is 2.33. The fourth-order valence-electron chi connectivity index (χ4n) is 3.35. The van der Waals surface area contributed by atoms with E-state index in [1.165, 1.54) is 0 Å². The van der Waals surface area contributed by atoms with Crippen molar-refractivity contribution < 1.29 is 24.2 Å². The first-order valence-electron chi connectivity index (χ1n) is 10.6. The summed E-state index contributed by atoms with van der Waals surface area (Å²) in [6, 6.07) is 19.9. The highest BCUT2D eigenvalue weighted by atomic mass is 35.5. The van der Waals surface area contributed by atoms with Crippen LogP contribution in [0.1, 0.15) is 16.7 Å². The molecule has 1 saturated heterocycles. The Morgan fingerprint density at radius 3 is 2.22 bits per heavy atom. The van der Waals surface area contributed by atoms with Crippen molar-refractivity contribution in [1.82, 2.24) is 4.90 Å². The van der Waals surface area contributed by atoms with E-state index in [1.54, 1.807) is 42.5 Å². The fourth-order valence-corrected chi connectivity index (χ4v) is 5.03. The molecule has 1 N–H and O–H groups in total. The molecule has 1 aliphatic heterocycles. The molecule has 0 radical (unpaired) electrons. The second-order valence-electron chi connectivity index (χ2n) is 7.70. The van der Waals surface area contributed by atoms with Crippen molar-refractivity contribution in [3.8, 4) is 11.5 Å². The molecule has 1 amide bonds. The number of carboxylic acids is 1. The fraction of sp³-hybridized carbons (Fsp3) is 0.115. The number of nitrogens with zero attached hydrogens (tertiary/aromatic N) is 1. The van der Waals surface area contributed by atoms with Gasteiger partial charge in [-0.3, -0.25) is 14.5 Å². The van der Waals surface area contributed by atoms with Gasteiger partial charge in [-0.15, -0.1) is 0 Å². The lowest BCUT2D eigenvalue weighted by Crippen LogP contribution is -2.33. The molecule has 4 rings (SSSR count). The summed E-state index contributed by atoms with van der Waals surface area (Å²) in [7, 11) is 0. The van der Waals surface area contributed by atoms with Crippen molar-refractivity contribution in [2.75, 3.05) is 6.54 Å². The van der Waals surface area contributed by atoms with Crippen molar-refractivity contribution >= 4 is 69.5 Å². The van der Waals surface area contributed by atoms with E-state index in [4.69, 9.17) is 50.0 Å². The predicted octanol–water partition coefficient (Wildman–Crippen LogP) is 6.44. The van der Waals surface area contributed by atoms with Crippen molar-refractivity contribution in [3.63, 3.8) is 0 Å². The second-order valence-corrected chi connectivity index (χ2v) is 10.2. The molecular formula is C26H19Cl2NO5S2. The number of rotatable bonds is 9. The van der Waals surface area contributed by atoms with E-state index < -0.39 is 18.4 Å². The number of carboxylic acid groups (broad SMARTS) is 1. The largest absolute Gasteiger partial charge is 0.489 e. The lowest BCUT2D eigenvalue weighted by molar-refractivity contribution is -0.140. The minimum absolute atomic E-state index is 0.184. The number of halogens is 2. The van der Waals surface area contributed by atoms with E-state index in [0.29, 0.717) is 38.6 Å². The van der Waals surface area contributed by atoms with Gasteiger partial charge in [0.15, 0.2) is 0 Å². The van der Waals surface area contributed by atoms with Crippen molar-refractivity contribution in [3.05, 3.63) is 98.4 Å². The van der Waals surface area contributed by atoms with Gasteiger partial charge < -0.3 is 14.6 Å². The van der Waals surface area contributed by atoms with E-state index in [0.717, 1.165) is 27.8 Å². The summed E-state index contributed by atoms with van der Waals surface area (Å²) in [6.45, 7) is 0.0520. The Morgan fingerprint density at radius 2 is 1.61 bits per heavy atom. The summed E-state index contributed by atoms with van der Waals surface area (Å²) < 4.78 is 12.2. The first kappa shape index (κ1) is 26.0. The van der Waals surface area contributed by atoms with Gasteiger partial charge in [0.05, 0.1) is 4.91 Å². The number of hydrogen-bond acceptors (Lipinski definition) is 6. The number of thioether (sulfide) groups is 1. The van der Waals surface area contributed by atoms with E-state index >= 15 is 0 Å². The molecule has 0 bridgehead atoms. The maximum Gasteiger partial charge on any atom is 0.323 e. The summed E-state index contributed by atoms with van der Waals surface area (Å²) in [6.07, 6.45) is 1.63. The Kier molecular flexibility index (Phi) is 8.53. The van der Waals surface area contributed by atoms with Crippen molar-refractivity contribution in [2.24, 2.45) is 0 Å². The van der Waals surface area contributed by atoms with Gasteiger partial charge in [-0.25, -0.2) is 0 Å². The monoisotopic (exact) mass is 559 g/mol. The van der Waals surface area contributed by atoms with Crippen LogP contribution in [0.5, 0.6) is 11.5 Å². The molecule has 0 saturated carbocycles. The average Bonchev–Trinajstić information content (AvgIpc) is 3.09. The third kappa shape index (κ3) is 6.79. The number of hydrogen-bond donors (Lipinski definition) is 1. The first-order valence-corrected chi connectivity index (χ1v) is 12.6. The molecule has 6 nitrogen and oxygen atoms in total. The number of ether oxygens (including phenoxy) is 2. The zero-order chi connectivity index (χ0) is 25.7. The first-order chi connectivity index (χ1) is 17.3. The van der Waals surface area contributed by atoms with Gasteiger partial charge in [0, 0.05) is 15.6 Å². The molecule has 0 aromatic heterocycles. The van der Waals surface area contributed by atoms with Crippen LogP contribution < -0.4 is 9.47 Å². The third-order valence-corrected chi connectivity index (χ3v) is 6.86. The van der Waals surface area contributed by atoms with Crippen LogP contribution in [-0.4, -0.2) is 32.7 Å². The third-order valence-electron chi connectivity index (χ3n) is 5.01. The summed E-state index contributed by atoms with van der Waals surface area (Å²) >= 11 is 18.4. The SMILES string of the molecule is O=C(O)CN1C(=O)C(=Cc2cc(OCc3cccc(Cl)c3)ccc2OCc2cccc(Cl)c2)SC1=S. The molecular weight excluding hydrogens is 541 g/mol. The van der Waals surface area contributed by atoms with Crippen LogP contribution in [0.15, 0.2) is 71.6 Å². The van der Waals surface area contributed by atoms with Crippen LogP contribution in [0.2, 0.25) is 10.0 Å². The van der Waals surface area contributed by atoms with Gasteiger partial charge in [-0.1, -0.05) is 71.4 Å². The van der Waals surface area contributed by atoms with Crippen LogP contribution in [0, 0.1) is 0 Å². The van der Waals surface area contributed by atoms with Gasteiger partial charge in [0.2, 0.25) is 0 Å². The minimum atomic E-state index is -1.14. The molecule has 0 atom stereocenters. The molecule has 36 heavy (non-hydrogen) atoms. The zero-order valence-electron chi connectivity index (χ0n) is 18.6. The van der Waals surface area contributed by atoms with Gasteiger partial charge in [0.1, 0.15) is 35.6 Å². The highest BCUT2D eigenvalue weighted by molar-refractivity contribution is 8.26. The van der Waals surface area contributed by atoms with E-state index in [1.807, 2.05) is 30.3 Å². The average molecular weight is 560 g/mol. The van der Waals surface area contributed by atoms with Crippen LogP contribution in [0.25, 0.3) is 6.08 Å². The number of aliphatic carboxylic acids is 1. The highest BCUT2D eigenvalue weighted by Crippen LogP contribution is 2.35. The standard InChI is InChI=1S/C26H19Cl2NO5S2/c27-19-5-1-3-16(9-19)14-33-21-7-8-22(34-15-17-4-2-6-20(28)10-17)18(11-21)12-23-25(32)29(13-24(30)31)26(35)36-23/h1-12H,13-15H2,(H,30,31). The molecule has 3 aromatic carbocycles. The smallest absolute Gasteiger partial charge is 0.323 e. The lowest BCUT2D eigenvalue weighted by atomic mass is 10.1. The van der Waals surface area contributed by atoms with E-state index in [2.05, 4.69) is 0 Å². The van der Waals surface area contributed by atoms with E-state index in [9.17, 15) is 9.59 Å². The van der Waals surface area contributed by atoms with Gasteiger partial charge in [-0.2, -0.15) is 0 Å². The molecule has 0 spiro atoms. The number of carbonyl (C=O) groups excluding carboxylic acids is 1. The second kappa shape index (κ2) is 11.8. The molecule has 1 fully saturated rings. The number of amides is 1. The summed E-state index contributed by atoms with van der Waals surface area (Å²) in [5, 5.41) is 10.3. The van der Waals surface area contributed by atoms with Crippen LogP contribution in [-0.2, 0) is 22.8 Å². The Balaban J connectivity index is 1.60. The quantitative estimate of drug-likeness (QED) is 0.239. The van der Waals surface area contributed by atoms with Crippen LogP contribution >= 0.6 is 47.2 Å². The van der Waals surface area contributed by atoms with Gasteiger partial charge >= 0.3 is 5.97 Å².